The van der Waals surface area contributed by atoms with Crippen LogP contribution in [-0.2, 0) is 6.18 Å². The van der Waals surface area contributed by atoms with Crippen molar-refractivity contribution in [1.29, 1.82) is 0 Å². The number of ether oxygens (including phenoxy) is 1. The fourth-order valence-electron chi connectivity index (χ4n) is 1.94. The molecule has 0 heterocycles. The monoisotopic (exact) mass is 368 g/mol. The Kier molecular flexibility index (Phi) is 6.71. The topological polar surface area (TPSA) is 50.7 Å². The van der Waals surface area contributed by atoms with Gasteiger partial charge in [0.1, 0.15) is 5.75 Å². The molecule has 2 aromatic carbocycles. The summed E-state index contributed by atoms with van der Waals surface area (Å²) >= 11 is 0. The summed E-state index contributed by atoms with van der Waals surface area (Å²) in [5.41, 5.74) is 2.15. The molecule has 1 N–H and O–H groups in total. The lowest BCUT2D eigenvalue weighted by Crippen LogP contribution is -2.18. The minimum absolute atomic E-state index is 0.0618. The highest BCUT2D eigenvalue weighted by molar-refractivity contribution is 5.94. The zero-order chi connectivity index (χ0) is 19.0. The molecule has 2 rings (SSSR count). The summed E-state index contributed by atoms with van der Waals surface area (Å²) in [7, 11) is 0. The number of rotatable bonds is 7. The molecule has 0 spiro atoms. The molecular weight excluding hydrogens is 352 g/mol. The number of nitrogens with one attached hydrogen (secondary N) is 1. The van der Waals surface area contributed by atoms with E-state index in [1.54, 1.807) is 24.3 Å². The molecule has 4 nitrogen and oxygen atoms in total. The van der Waals surface area contributed by atoms with E-state index in [1.807, 2.05) is 0 Å². The summed E-state index contributed by atoms with van der Waals surface area (Å²) in [5.74, 6) is -0.0365. The van der Waals surface area contributed by atoms with Crippen LogP contribution in [0.25, 0.3) is 0 Å². The maximum absolute atomic E-state index is 12.5. The lowest BCUT2D eigenvalue weighted by Gasteiger charge is -2.06. The van der Waals surface area contributed by atoms with Crippen LogP contribution < -0.4 is 10.2 Å². The fourth-order valence-corrected chi connectivity index (χ4v) is 1.94. The normalized spacial score (nSPS) is 11.5. The first-order valence-electron chi connectivity index (χ1n) is 7.69. The van der Waals surface area contributed by atoms with Crippen molar-refractivity contribution < 1.29 is 27.1 Å². The zero-order valence-corrected chi connectivity index (χ0v) is 13.6. The van der Waals surface area contributed by atoms with Crippen LogP contribution in [-0.4, -0.2) is 25.4 Å². The van der Waals surface area contributed by atoms with E-state index in [-0.39, 0.29) is 12.2 Å². The number of hydrogen-bond donors (Lipinski definition) is 1. The van der Waals surface area contributed by atoms with Crippen LogP contribution in [0.1, 0.15) is 27.9 Å². The minimum atomic E-state index is -4.45. The van der Waals surface area contributed by atoms with E-state index in [1.165, 1.54) is 6.21 Å². The third kappa shape index (κ3) is 5.87. The van der Waals surface area contributed by atoms with Crippen molar-refractivity contribution in [1.82, 2.24) is 5.43 Å². The van der Waals surface area contributed by atoms with E-state index >= 15 is 0 Å². The molecule has 0 radical (unpaired) electrons. The molecule has 0 aliphatic carbocycles. The average Bonchev–Trinajstić information content (AvgIpc) is 2.62. The van der Waals surface area contributed by atoms with Gasteiger partial charge in [0.05, 0.1) is 25.1 Å². The van der Waals surface area contributed by atoms with Gasteiger partial charge < -0.3 is 4.74 Å². The second-order valence-electron chi connectivity index (χ2n) is 5.23. The van der Waals surface area contributed by atoms with Crippen LogP contribution in [0.3, 0.4) is 0 Å². The molecule has 0 unspecified atom stereocenters. The molecule has 0 fully saturated rings. The standard InChI is InChI=1S/C18H16F4N2O2/c19-10-1-11-26-16-8-2-13(3-9-16)12-23-24-17(25)14-4-6-15(7-5-14)18(20,21)22/h2-9,12H,1,10-11H2,(H,24,25)/b23-12+. The molecule has 0 atom stereocenters. The van der Waals surface area contributed by atoms with Gasteiger partial charge in [-0.05, 0) is 54.1 Å². The van der Waals surface area contributed by atoms with Gasteiger partial charge in [0.2, 0.25) is 0 Å². The fraction of sp³-hybridized carbons (Fsp3) is 0.222. The Morgan fingerprint density at radius 1 is 1.08 bits per heavy atom. The minimum Gasteiger partial charge on any atom is -0.493 e. The average molecular weight is 368 g/mol. The summed E-state index contributed by atoms with van der Waals surface area (Å²) in [6.45, 7) is -0.156. The molecule has 26 heavy (non-hydrogen) atoms. The van der Waals surface area contributed by atoms with Gasteiger partial charge in [-0.15, -0.1) is 0 Å². The summed E-state index contributed by atoms with van der Waals surface area (Å²) in [5, 5.41) is 3.76. The van der Waals surface area contributed by atoms with Crippen molar-refractivity contribution in [2.24, 2.45) is 5.10 Å². The molecule has 0 aliphatic heterocycles. The first kappa shape index (κ1) is 19.4. The highest BCUT2D eigenvalue weighted by Crippen LogP contribution is 2.29. The van der Waals surface area contributed by atoms with Gasteiger partial charge in [-0.2, -0.15) is 18.3 Å². The van der Waals surface area contributed by atoms with Gasteiger partial charge in [0, 0.05) is 12.0 Å². The van der Waals surface area contributed by atoms with Crippen molar-refractivity contribution in [3.05, 3.63) is 65.2 Å². The third-order valence-electron chi connectivity index (χ3n) is 3.28. The van der Waals surface area contributed by atoms with Gasteiger partial charge in [-0.1, -0.05) is 0 Å². The Hall–Kier alpha value is -2.90. The van der Waals surface area contributed by atoms with Crippen LogP contribution >= 0.6 is 0 Å². The molecule has 8 heteroatoms. The number of carbonyl (C=O) groups is 1. The third-order valence-corrected chi connectivity index (χ3v) is 3.28. The van der Waals surface area contributed by atoms with Gasteiger partial charge in [-0.3, -0.25) is 9.18 Å². The van der Waals surface area contributed by atoms with Crippen LogP contribution in [0, 0.1) is 0 Å². The van der Waals surface area contributed by atoms with Crippen LogP contribution in [0.15, 0.2) is 53.6 Å². The maximum atomic E-state index is 12.5. The van der Waals surface area contributed by atoms with E-state index in [0.717, 1.165) is 24.3 Å². The molecule has 0 aliphatic rings. The zero-order valence-electron chi connectivity index (χ0n) is 13.6. The summed E-state index contributed by atoms with van der Waals surface area (Å²) in [6.07, 6.45) is -2.75. The van der Waals surface area contributed by atoms with Gasteiger partial charge in [0.25, 0.3) is 5.91 Å². The smallest absolute Gasteiger partial charge is 0.416 e. The number of halogens is 4. The predicted octanol–water partition coefficient (Wildman–Crippen LogP) is 4.21. The second-order valence-corrected chi connectivity index (χ2v) is 5.23. The molecule has 0 saturated carbocycles. The van der Waals surface area contributed by atoms with Gasteiger partial charge >= 0.3 is 6.18 Å². The molecule has 0 bridgehead atoms. The molecule has 138 valence electrons. The van der Waals surface area contributed by atoms with Crippen LogP contribution in [0.4, 0.5) is 17.6 Å². The van der Waals surface area contributed by atoms with E-state index in [2.05, 4.69) is 10.5 Å². The van der Waals surface area contributed by atoms with E-state index in [4.69, 9.17) is 4.74 Å². The van der Waals surface area contributed by atoms with Crippen molar-refractivity contribution in [3.8, 4) is 5.75 Å². The van der Waals surface area contributed by atoms with Crippen molar-refractivity contribution in [3.63, 3.8) is 0 Å². The number of hydrogen-bond acceptors (Lipinski definition) is 3. The number of amides is 1. The van der Waals surface area contributed by atoms with Gasteiger partial charge in [-0.25, -0.2) is 5.43 Å². The Bertz CT molecular complexity index is 741. The Morgan fingerprint density at radius 2 is 1.73 bits per heavy atom. The van der Waals surface area contributed by atoms with Gasteiger partial charge in [0.15, 0.2) is 0 Å². The number of nitrogens with zero attached hydrogens (tertiary/aromatic N) is 1. The van der Waals surface area contributed by atoms with E-state index < -0.39 is 24.3 Å². The number of carbonyl (C=O) groups excluding carboxylic acids is 1. The predicted molar refractivity (Wildman–Crippen MR) is 89.0 cm³/mol. The quantitative estimate of drug-likeness (QED) is 0.345. The van der Waals surface area contributed by atoms with Crippen molar-refractivity contribution in [2.75, 3.05) is 13.3 Å². The molecular formula is C18H16F4N2O2. The second kappa shape index (κ2) is 8.98. The molecule has 0 saturated heterocycles. The lowest BCUT2D eigenvalue weighted by molar-refractivity contribution is -0.137. The summed E-state index contributed by atoms with van der Waals surface area (Å²) < 4.78 is 54.7. The lowest BCUT2D eigenvalue weighted by atomic mass is 10.1. The highest BCUT2D eigenvalue weighted by atomic mass is 19.4. The Morgan fingerprint density at radius 3 is 2.31 bits per heavy atom. The van der Waals surface area contributed by atoms with Crippen LogP contribution in [0.2, 0.25) is 0 Å². The molecule has 1 amide bonds. The Balaban J connectivity index is 1.88. The number of hydrazone groups is 1. The maximum Gasteiger partial charge on any atom is 0.416 e. The first-order chi connectivity index (χ1) is 12.4. The van der Waals surface area contributed by atoms with E-state index in [0.29, 0.717) is 17.7 Å². The van der Waals surface area contributed by atoms with Crippen LogP contribution in [0.5, 0.6) is 5.75 Å². The SMILES string of the molecule is O=C(N/N=C/c1ccc(OCCCF)cc1)c1ccc(C(F)(F)F)cc1. The number of benzene rings is 2. The largest absolute Gasteiger partial charge is 0.493 e. The molecule has 0 aromatic heterocycles. The highest BCUT2D eigenvalue weighted by Gasteiger charge is 2.30. The molecule has 2 aromatic rings. The number of alkyl halides is 4. The Labute approximate surface area is 147 Å². The van der Waals surface area contributed by atoms with Crippen molar-refractivity contribution >= 4 is 12.1 Å². The van der Waals surface area contributed by atoms with E-state index in [9.17, 15) is 22.4 Å². The summed E-state index contributed by atoms with van der Waals surface area (Å²) in [4.78, 5) is 11.8. The summed E-state index contributed by atoms with van der Waals surface area (Å²) in [6, 6.07) is 10.6. The van der Waals surface area contributed by atoms with Crippen molar-refractivity contribution in [2.45, 2.75) is 12.6 Å². The first-order valence-corrected chi connectivity index (χ1v) is 7.69.